The molecule has 0 fully saturated rings. The van der Waals surface area contributed by atoms with E-state index in [9.17, 15) is 10.1 Å². The number of nitrogens with zero attached hydrogens (tertiary/aromatic N) is 5. The Bertz CT molecular complexity index is 589. The quantitative estimate of drug-likeness (QED) is 0.640. The van der Waals surface area contributed by atoms with E-state index in [1.54, 1.807) is 19.6 Å². The van der Waals surface area contributed by atoms with Gasteiger partial charge in [0.15, 0.2) is 0 Å². The molecule has 0 aliphatic carbocycles. The zero-order valence-electron chi connectivity index (χ0n) is 11.8. The minimum atomic E-state index is -0.377. The fraction of sp³-hybridized carbons (Fsp3) is 0.500. The van der Waals surface area contributed by atoms with Crippen molar-refractivity contribution in [3.63, 3.8) is 0 Å². The summed E-state index contributed by atoms with van der Waals surface area (Å²) in [6.07, 6.45) is 5.80. The van der Waals surface area contributed by atoms with Gasteiger partial charge in [0, 0.05) is 32.0 Å². The van der Waals surface area contributed by atoms with Crippen molar-refractivity contribution in [1.29, 1.82) is 0 Å². The van der Waals surface area contributed by atoms with E-state index in [0.29, 0.717) is 24.5 Å². The number of imidazole rings is 1. The highest BCUT2D eigenvalue weighted by atomic mass is 16.6. The van der Waals surface area contributed by atoms with Crippen LogP contribution < -0.4 is 5.32 Å². The maximum Gasteiger partial charge on any atom is 0.333 e. The van der Waals surface area contributed by atoms with Crippen molar-refractivity contribution in [3.05, 3.63) is 34.5 Å². The Morgan fingerprint density at radius 1 is 1.55 bits per heavy atom. The number of nitrogens with one attached hydrogen (secondary N) is 1. The van der Waals surface area contributed by atoms with Gasteiger partial charge >= 0.3 is 5.69 Å². The first-order chi connectivity index (χ1) is 9.52. The number of anilines is 1. The molecule has 8 nitrogen and oxygen atoms in total. The smallest absolute Gasteiger partial charge is 0.333 e. The van der Waals surface area contributed by atoms with E-state index in [2.05, 4.69) is 15.4 Å². The molecule has 2 aromatic rings. The Morgan fingerprint density at radius 2 is 2.30 bits per heavy atom. The standard InChI is InChI=1S/C12H18N6O2/c1-4-10-11(18(19)20)12(16(3)15-10)14-9(2)7-17-6-5-13-8-17/h5-6,8-9,14H,4,7H2,1-3H3. The van der Waals surface area contributed by atoms with Crippen molar-refractivity contribution in [2.45, 2.75) is 32.9 Å². The van der Waals surface area contributed by atoms with Crippen LogP contribution in [0, 0.1) is 10.1 Å². The Kier molecular flexibility index (Phi) is 4.02. The van der Waals surface area contributed by atoms with Crippen LogP contribution in [0.25, 0.3) is 0 Å². The summed E-state index contributed by atoms with van der Waals surface area (Å²) in [7, 11) is 1.71. The number of hydrogen-bond donors (Lipinski definition) is 1. The molecule has 1 N–H and O–H groups in total. The topological polar surface area (TPSA) is 90.8 Å². The molecule has 8 heteroatoms. The van der Waals surface area contributed by atoms with E-state index in [1.807, 2.05) is 24.6 Å². The van der Waals surface area contributed by atoms with Crippen LogP contribution in [0.3, 0.4) is 0 Å². The van der Waals surface area contributed by atoms with Crippen LogP contribution in [-0.4, -0.2) is 30.3 Å². The fourth-order valence-electron chi connectivity index (χ4n) is 2.15. The second kappa shape index (κ2) is 5.72. The summed E-state index contributed by atoms with van der Waals surface area (Å²) in [5, 5.41) is 18.6. The predicted molar refractivity (Wildman–Crippen MR) is 74.6 cm³/mol. The van der Waals surface area contributed by atoms with Crippen LogP contribution in [0.1, 0.15) is 19.5 Å². The van der Waals surface area contributed by atoms with E-state index in [-0.39, 0.29) is 16.7 Å². The van der Waals surface area contributed by atoms with Crippen molar-refractivity contribution >= 4 is 11.5 Å². The second-order valence-corrected chi connectivity index (χ2v) is 4.68. The third-order valence-corrected chi connectivity index (χ3v) is 3.04. The zero-order chi connectivity index (χ0) is 14.7. The normalized spacial score (nSPS) is 12.3. The molecule has 0 aliphatic heterocycles. The van der Waals surface area contributed by atoms with Gasteiger partial charge in [-0.1, -0.05) is 6.92 Å². The molecule has 0 aliphatic rings. The van der Waals surface area contributed by atoms with Crippen molar-refractivity contribution in [2.24, 2.45) is 7.05 Å². The summed E-state index contributed by atoms with van der Waals surface area (Å²) in [6.45, 7) is 4.49. The molecule has 1 atom stereocenters. The highest BCUT2D eigenvalue weighted by molar-refractivity contribution is 5.60. The summed E-state index contributed by atoms with van der Waals surface area (Å²) < 4.78 is 3.45. The Labute approximate surface area is 116 Å². The molecule has 0 saturated carbocycles. The Morgan fingerprint density at radius 3 is 2.85 bits per heavy atom. The third kappa shape index (κ3) is 2.79. The molecule has 0 aromatic carbocycles. The molecule has 0 spiro atoms. The Balaban J connectivity index is 2.20. The third-order valence-electron chi connectivity index (χ3n) is 3.04. The summed E-state index contributed by atoms with van der Waals surface area (Å²) in [6, 6.07) is 0.0167. The lowest BCUT2D eigenvalue weighted by molar-refractivity contribution is -0.384. The van der Waals surface area contributed by atoms with Crippen LogP contribution in [0.15, 0.2) is 18.7 Å². The molecule has 2 heterocycles. The molecule has 1 unspecified atom stereocenters. The average Bonchev–Trinajstić information content (AvgIpc) is 2.98. The summed E-state index contributed by atoms with van der Waals surface area (Å²) in [5.41, 5.74) is 0.558. The first-order valence-electron chi connectivity index (χ1n) is 6.45. The lowest BCUT2D eigenvalue weighted by Gasteiger charge is -2.15. The maximum absolute atomic E-state index is 11.2. The van der Waals surface area contributed by atoms with Gasteiger partial charge in [-0.3, -0.25) is 10.1 Å². The first-order valence-corrected chi connectivity index (χ1v) is 6.45. The van der Waals surface area contributed by atoms with E-state index < -0.39 is 0 Å². The lowest BCUT2D eigenvalue weighted by Crippen LogP contribution is -2.23. The summed E-state index contributed by atoms with van der Waals surface area (Å²) in [4.78, 5) is 14.8. The number of nitro groups is 1. The van der Waals surface area contributed by atoms with Gasteiger partial charge in [-0.2, -0.15) is 5.10 Å². The van der Waals surface area contributed by atoms with Crippen LogP contribution in [0.4, 0.5) is 11.5 Å². The van der Waals surface area contributed by atoms with Crippen LogP contribution in [-0.2, 0) is 20.0 Å². The van der Waals surface area contributed by atoms with Gasteiger partial charge in [-0.05, 0) is 13.3 Å². The molecule has 108 valence electrons. The van der Waals surface area contributed by atoms with Gasteiger partial charge < -0.3 is 9.88 Å². The minimum Gasteiger partial charge on any atom is -0.360 e. The zero-order valence-corrected chi connectivity index (χ0v) is 11.8. The Hall–Kier alpha value is -2.38. The molecule has 0 amide bonds. The summed E-state index contributed by atoms with van der Waals surface area (Å²) >= 11 is 0. The van der Waals surface area contributed by atoms with Crippen molar-refractivity contribution in [1.82, 2.24) is 19.3 Å². The minimum absolute atomic E-state index is 0.0167. The van der Waals surface area contributed by atoms with Crippen LogP contribution in [0.2, 0.25) is 0 Å². The average molecular weight is 278 g/mol. The first kappa shape index (κ1) is 14.0. The molecule has 0 bridgehead atoms. The van der Waals surface area contributed by atoms with E-state index in [0.717, 1.165) is 0 Å². The van der Waals surface area contributed by atoms with Crippen molar-refractivity contribution in [3.8, 4) is 0 Å². The number of hydrogen-bond acceptors (Lipinski definition) is 5. The van der Waals surface area contributed by atoms with E-state index in [1.165, 1.54) is 4.68 Å². The summed E-state index contributed by atoms with van der Waals surface area (Å²) in [5.74, 6) is 0.444. The molecular formula is C12H18N6O2. The maximum atomic E-state index is 11.2. The fourth-order valence-corrected chi connectivity index (χ4v) is 2.15. The number of rotatable bonds is 6. The largest absolute Gasteiger partial charge is 0.360 e. The SMILES string of the molecule is CCc1nn(C)c(NC(C)Cn2ccnc2)c1[N+](=O)[O-]. The highest BCUT2D eigenvalue weighted by Gasteiger charge is 2.26. The van der Waals surface area contributed by atoms with Gasteiger partial charge in [0.2, 0.25) is 5.82 Å². The van der Waals surface area contributed by atoms with Gasteiger partial charge in [0.05, 0.1) is 11.3 Å². The van der Waals surface area contributed by atoms with Crippen molar-refractivity contribution in [2.75, 3.05) is 5.32 Å². The van der Waals surface area contributed by atoms with Crippen LogP contribution >= 0.6 is 0 Å². The number of aryl methyl sites for hydroxylation is 2. The molecule has 20 heavy (non-hydrogen) atoms. The molecule has 0 radical (unpaired) electrons. The monoisotopic (exact) mass is 278 g/mol. The molecular weight excluding hydrogens is 260 g/mol. The second-order valence-electron chi connectivity index (χ2n) is 4.68. The van der Waals surface area contributed by atoms with Crippen LogP contribution in [0.5, 0.6) is 0 Å². The van der Waals surface area contributed by atoms with Gasteiger partial charge in [-0.15, -0.1) is 0 Å². The highest BCUT2D eigenvalue weighted by Crippen LogP contribution is 2.28. The lowest BCUT2D eigenvalue weighted by atomic mass is 10.2. The van der Waals surface area contributed by atoms with Gasteiger partial charge in [0.25, 0.3) is 0 Å². The molecule has 0 saturated heterocycles. The van der Waals surface area contributed by atoms with E-state index in [4.69, 9.17) is 0 Å². The number of aromatic nitrogens is 4. The molecule has 2 aromatic heterocycles. The molecule has 2 rings (SSSR count). The van der Waals surface area contributed by atoms with Gasteiger partial charge in [-0.25, -0.2) is 9.67 Å². The van der Waals surface area contributed by atoms with E-state index >= 15 is 0 Å². The van der Waals surface area contributed by atoms with Crippen molar-refractivity contribution < 1.29 is 4.92 Å². The predicted octanol–water partition coefficient (Wildman–Crippen LogP) is 1.59. The van der Waals surface area contributed by atoms with Gasteiger partial charge in [0.1, 0.15) is 5.69 Å².